The van der Waals surface area contributed by atoms with Gasteiger partial charge in [0.15, 0.2) is 0 Å². The van der Waals surface area contributed by atoms with Crippen LogP contribution in [0.4, 0.5) is 0 Å². The molecule has 1 aromatic rings. The van der Waals surface area contributed by atoms with Gasteiger partial charge in [-0.15, -0.1) is 23.2 Å². The quantitative estimate of drug-likeness (QED) is 0.519. The minimum atomic E-state index is -1.02. The molecule has 17 heavy (non-hydrogen) atoms. The van der Waals surface area contributed by atoms with Crippen LogP contribution in [-0.4, -0.2) is 16.2 Å². The van der Waals surface area contributed by atoms with Crippen molar-refractivity contribution in [1.82, 2.24) is 0 Å². The normalized spacial score (nSPS) is 20.7. The maximum atomic E-state index is 11.6. The first-order valence-corrected chi connectivity index (χ1v) is 5.65. The van der Waals surface area contributed by atoms with Gasteiger partial charge in [0.1, 0.15) is 10.1 Å². The fourth-order valence-corrected chi connectivity index (χ4v) is 1.86. The lowest BCUT2D eigenvalue weighted by Crippen LogP contribution is -2.15. The van der Waals surface area contributed by atoms with Gasteiger partial charge in [-0.3, -0.25) is 9.59 Å². The predicted molar refractivity (Wildman–Crippen MR) is 63.1 cm³/mol. The molecule has 0 bridgehead atoms. The number of benzene rings is 1. The van der Waals surface area contributed by atoms with Crippen molar-refractivity contribution in [3.8, 4) is 5.75 Å². The second-order valence-electron chi connectivity index (χ2n) is 3.83. The van der Waals surface area contributed by atoms with Gasteiger partial charge >= 0.3 is 5.97 Å². The van der Waals surface area contributed by atoms with Gasteiger partial charge < -0.3 is 10.5 Å². The predicted octanol–water partition coefficient (Wildman–Crippen LogP) is 1.88. The standard InChI is InChI=1S/C11H9Cl2NO3/c12-11(13)5-8(11)10(16)17-7-3-1-2-6(4-7)9(14)15/h1-4,8H,5H2,(H2,14,15). The monoisotopic (exact) mass is 273 g/mol. The zero-order valence-corrected chi connectivity index (χ0v) is 10.2. The van der Waals surface area contributed by atoms with E-state index >= 15 is 0 Å². The van der Waals surface area contributed by atoms with Gasteiger partial charge in [-0.25, -0.2) is 0 Å². The third-order valence-corrected chi connectivity index (χ3v) is 3.28. The van der Waals surface area contributed by atoms with Gasteiger partial charge in [0.05, 0.1) is 5.92 Å². The summed E-state index contributed by atoms with van der Waals surface area (Å²) in [5, 5.41) is 0. The Morgan fingerprint density at radius 3 is 2.59 bits per heavy atom. The van der Waals surface area contributed by atoms with E-state index in [1.807, 2.05) is 0 Å². The molecule has 0 spiro atoms. The van der Waals surface area contributed by atoms with E-state index in [4.69, 9.17) is 33.7 Å². The van der Waals surface area contributed by atoms with Crippen molar-refractivity contribution in [2.45, 2.75) is 10.8 Å². The molecule has 0 heterocycles. The van der Waals surface area contributed by atoms with Crippen LogP contribution in [0, 0.1) is 5.92 Å². The Balaban J connectivity index is 2.07. The average molecular weight is 274 g/mol. The van der Waals surface area contributed by atoms with E-state index in [1.165, 1.54) is 12.1 Å². The number of rotatable bonds is 3. The number of hydrogen-bond donors (Lipinski definition) is 1. The minimum absolute atomic E-state index is 0.252. The van der Waals surface area contributed by atoms with Crippen LogP contribution >= 0.6 is 23.2 Å². The molecule has 1 amide bonds. The van der Waals surface area contributed by atoms with E-state index in [0.29, 0.717) is 6.42 Å². The number of ether oxygens (including phenoxy) is 1. The first kappa shape index (κ1) is 12.2. The third-order valence-electron chi connectivity index (χ3n) is 2.45. The number of amides is 1. The first-order valence-electron chi connectivity index (χ1n) is 4.89. The molecular formula is C11H9Cl2NO3. The van der Waals surface area contributed by atoms with Crippen LogP contribution in [0.2, 0.25) is 0 Å². The Hall–Kier alpha value is -1.26. The van der Waals surface area contributed by atoms with Gasteiger partial charge in [-0.2, -0.15) is 0 Å². The third kappa shape index (κ3) is 2.70. The molecule has 1 aliphatic rings. The van der Waals surface area contributed by atoms with E-state index in [-0.39, 0.29) is 11.3 Å². The van der Waals surface area contributed by atoms with Crippen LogP contribution in [0.25, 0.3) is 0 Å². The molecule has 90 valence electrons. The van der Waals surface area contributed by atoms with Crippen LogP contribution in [-0.2, 0) is 4.79 Å². The molecular weight excluding hydrogens is 265 g/mol. The smallest absolute Gasteiger partial charge is 0.317 e. The molecule has 6 heteroatoms. The van der Waals surface area contributed by atoms with E-state index in [2.05, 4.69) is 0 Å². The number of carbonyl (C=O) groups is 2. The zero-order valence-electron chi connectivity index (χ0n) is 8.65. The molecule has 2 rings (SSSR count). The first-order chi connectivity index (χ1) is 7.90. The Bertz CT molecular complexity index is 487. The lowest BCUT2D eigenvalue weighted by molar-refractivity contribution is -0.135. The summed E-state index contributed by atoms with van der Waals surface area (Å²) in [6, 6.07) is 6.05. The molecule has 0 radical (unpaired) electrons. The fraction of sp³-hybridized carbons (Fsp3) is 0.273. The van der Waals surface area contributed by atoms with Crippen LogP contribution in [0.3, 0.4) is 0 Å². The molecule has 1 atom stereocenters. The Kier molecular flexibility index (Phi) is 3.02. The highest BCUT2D eigenvalue weighted by Crippen LogP contribution is 2.53. The van der Waals surface area contributed by atoms with Crippen LogP contribution in [0.5, 0.6) is 5.75 Å². The molecule has 0 saturated heterocycles. The average Bonchev–Trinajstić information content (AvgIpc) is 2.88. The molecule has 1 aliphatic carbocycles. The summed E-state index contributed by atoms with van der Waals surface area (Å²) >= 11 is 11.5. The largest absolute Gasteiger partial charge is 0.426 e. The highest BCUT2D eigenvalue weighted by Gasteiger charge is 2.57. The highest BCUT2D eigenvalue weighted by molar-refractivity contribution is 6.52. The van der Waals surface area contributed by atoms with E-state index in [9.17, 15) is 9.59 Å². The number of esters is 1. The van der Waals surface area contributed by atoms with Crippen molar-refractivity contribution in [1.29, 1.82) is 0 Å². The Labute approximate surface area is 108 Å². The number of primary amides is 1. The van der Waals surface area contributed by atoms with Crippen molar-refractivity contribution in [2.24, 2.45) is 11.7 Å². The van der Waals surface area contributed by atoms with Gasteiger partial charge in [-0.1, -0.05) is 6.07 Å². The van der Waals surface area contributed by atoms with Crippen LogP contribution < -0.4 is 10.5 Å². The maximum absolute atomic E-state index is 11.6. The molecule has 1 saturated carbocycles. The molecule has 0 aromatic heterocycles. The number of halogens is 2. The summed E-state index contributed by atoms with van der Waals surface area (Å²) in [6.07, 6.45) is 0.379. The summed E-state index contributed by atoms with van der Waals surface area (Å²) < 4.78 is 4.03. The van der Waals surface area contributed by atoms with E-state index in [1.54, 1.807) is 12.1 Å². The van der Waals surface area contributed by atoms with Crippen molar-refractivity contribution in [3.63, 3.8) is 0 Å². The van der Waals surface area contributed by atoms with Gasteiger partial charge in [0, 0.05) is 5.56 Å². The molecule has 1 aromatic carbocycles. The van der Waals surface area contributed by atoms with E-state index < -0.39 is 22.1 Å². The molecule has 1 fully saturated rings. The molecule has 0 aliphatic heterocycles. The summed E-state index contributed by atoms with van der Waals surface area (Å²) in [4.78, 5) is 22.5. The molecule has 2 N–H and O–H groups in total. The van der Waals surface area contributed by atoms with E-state index in [0.717, 1.165) is 0 Å². The number of carbonyl (C=O) groups excluding carboxylic acids is 2. The zero-order chi connectivity index (χ0) is 12.6. The molecule has 4 nitrogen and oxygen atoms in total. The number of hydrogen-bond acceptors (Lipinski definition) is 3. The Morgan fingerprint density at radius 1 is 1.41 bits per heavy atom. The highest BCUT2D eigenvalue weighted by atomic mass is 35.5. The summed E-state index contributed by atoms with van der Waals surface area (Å²) in [5.74, 6) is -1.35. The van der Waals surface area contributed by atoms with Gasteiger partial charge in [0.25, 0.3) is 0 Å². The van der Waals surface area contributed by atoms with Gasteiger partial charge in [-0.05, 0) is 24.6 Å². The lowest BCUT2D eigenvalue weighted by Gasteiger charge is -2.05. The summed E-state index contributed by atoms with van der Waals surface area (Å²) in [7, 11) is 0. The second-order valence-corrected chi connectivity index (χ2v) is 5.37. The lowest BCUT2D eigenvalue weighted by atomic mass is 10.2. The van der Waals surface area contributed by atoms with Crippen molar-refractivity contribution in [3.05, 3.63) is 29.8 Å². The summed E-state index contributed by atoms with van der Waals surface area (Å²) in [5.41, 5.74) is 5.38. The maximum Gasteiger partial charge on any atom is 0.317 e. The van der Waals surface area contributed by atoms with Crippen LogP contribution in [0.1, 0.15) is 16.8 Å². The minimum Gasteiger partial charge on any atom is -0.426 e. The molecule has 1 unspecified atom stereocenters. The SMILES string of the molecule is NC(=O)c1cccc(OC(=O)C2CC2(Cl)Cl)c1. The number of alkyl halides is 2. The second kappa shape index (κ2) is 4.20. The van der Waals surface area contributed by atoms with Crippen molar-refractivity contribution in [2.75, 3.05) is 0 Å². The topological polar surface area (TPSA) is 69.4 Å². The fourth-order valence-electron chi connectivity index (χ4n) is 1.37. The van der Waals surface area contributed by atoms with Crippen molar-refractivity contribution < 1.29 is 14.3 Å². The number of nitrogens with two attached hydrogens (primary N) is 1. The van der Waals surface area contributed by atoms with Gasteiger partial charge in [0.2, 0.25) is 5.91 Å². The summed E-state index contributed by atoms with van der Waals surface area (Å²) in [6.45, 7) is 0. The van der Waals surface area contributed by atoms with Crippen molar-refractivity contribution >= 4 is 35.1 Å². The van der Waals surface area contributed by atoms with Crippen LogP contribution in [0.15, 0.2) is 24.3 Å². The Morgan fingerprint density at radius 2 is 2.06 bits per heavy atom.